The van der Waals surface area contributed by atoms with Crippen LogP contribution in [-0.4, -0.2) is 18.6 Å². The molecule has 0 fully saturated rings. The fraction of sp³-hybridized carbons (Fsp3) is 0.400. The highest BCUT2D eigenvalue weighted by molar-refractivity contribution is 7.11. The van der Waals surface area contributed by atoms with Crippen molar-refractivity contribution < 1.29 is 0 Å². The van der Waals surface area contributed by atoms with Gasteiger partial charge in [0.25, 0.3) is 0 Å². The molecule has 0 aliphatic rings. The molecule has 2 aromatic rings. The molecule has 1 aromatic carbocycles. The molecule has 1 unspecified atom stereocenters. The lowest BCUT2D eigenvalue weighted by atomic mass is 9.95. The fourth-order valence-electron chi connectivity index (χ4n) is 2.24. The number of rotatable bonds is 6. The second-order valence-corrected chi connectivity index (χ2v) is 5.98. The Bertz CT molecular complexity index is 464. The van der Waals surface area contributed by atoms with Gasteiger partial charge >= 0.3 is 0 Å². The van der Waals surface area contributed by atoms with E-state index in [1.807, 2.05) is 24.6 Å². The maximum atomic E-state index is 4.33. The molecule has 0 radical (unpaired) electrons. The number of aryl methyl sites for hydroxylation is 1. The highest BCUT2D eigenvalue weighted by atomic mass is 32.1. The SMILES string of the molecule is CNCC(Cc1ccccc1)Cc1cnc(C)s1. The van der Waals surface area contributed by atoms with Crippen LogP contribution < -0.4 is 5.32 Å². The van der Waals surface area contributed by atoms with Crippen LogP contribution in [0.5, 0.6) is 0 Å². The molecular weight excluding hydrogens is 240 g/mol. The van der Waals surface area contributed by atoms with Crippen molar-refractivity contribution >= 4 is 11.3 Å². The minimum atomic E-state index is 0.636. The molecular formula is C15H20N2S. The van der Waals surface area contributed by atoms with Crippen molar-refractivity contribution in [1.29, 1.82) is 0 Å². The summed E-state index contributed by atoms with van der Waals surface area (Å²) in [6.07, 6.45) is 4.26. The minimum Gasteiger partial charge on any atom is -0.319 e. The summed E-state index contributed by atoms with van der Waals surface area (Å²) in [4.78, 5) is 5.73. The van der Waals surface area contributed by atoms with Crippen molar-refractivity contribution in [2.24, 2.45) is 5.92 Å². The molecule has 0 saturated carbocycles. The Kier molecular flexibility index (Phi) is 4.90. The second-order valence-electron chi connectivity index (χ2n) is 4.66. The van der Waals surface area contributed by atoms with Gasteiger partial charge in [0.2, 0.25) is 0 Å². The molecule has 0 saturated heterocycles. The lowest BCUT2D eigenvalue weighted by Crippen LogP contribution is -2.22. The van der Waals surface area contributed by atoms with E-state index in [0.717, 1.165) is 24.4 Å². The summed E-state index contributed by atoms with van der Waals surface area (Å²) < 4.78 is 0. The minimum absolute atomic E-state index is 0.636. The van der Waals surface area contributed by atoms with E-state index in [2.05, 4.69) is 47.6 Å². The molecule has 1 atom stereocenters. The smallest absolute Gasteiger partial charge is 0.0896 e. The first-order chi connectivity index (χ1) is 8.78. The number of nitrogens with zero attached hydrogens (tertiary/aromatic N) is 1. The van der Waals surface area contributed by atoms with Crippen LogP contribution in [0, 0.1) is 12.8 Å². The van der Waals surface area contributed by atoms with Gasteiger partial charge in [-0.3, -0.25) is 0 Å². The molecule has 1 N–H and O–H groups in total. The van der Waals surface area contributed by atoms with Crippen LogP contribution in [0.1, 0.15) is 15.4 Å². The van der Waals surface area contributed by atoms with Gasteiger partial charge in [-0.15, -0.1) is 11.3 Å². The Balaban J connectivity index is 1.99. The van der Waals surface area contributed by atoms with E-state index in [9.17, 15) is 0 Å². The van der Waals surface area contributed by atoms with Crippen molar-refractivity contribution in [3.63, 3.8) is 0 Å². The van der Waals surface area contributed by atoms with E-state index in [4.69, 9.17) is 0 Å². The maximum absolute atomic E-state index is 4.33. The first kappa shape index (κ1) is 13.2. The molecule has 0 bridgehead atoms. The van der Waals surface area contributed by atoms with Crippen LogP contribution in [0.25, 0.3) is 0 Å². The highest BCUT2D eigenvalue weighted by Gasteiger charge is 2.11. The molecule has 1 heterocycles. The van der Waals surface area contributed by atoms with Crippen LogP contribution in [0.3, 0.4) is 0 Å². The van der Waals surface area contributed by atoms with Gasteiger partial charge in [-0.1, -0.05) is 30.3 Å². The van der Waals surface area contributed by atoms with Crippen molar-refractivity contribution in [2.75, 3.05) is 13.6 Å². The molecule has 2 nitrogen and oxygen atoms in total. The van der Waals surface area contributed by atoms with Crippen molar-refractivity contribution in [1.82, 2.24) is 10.3 Å². The van der Waals surface area contributed by atoms with Crippen LogP contribution in [0.2, 0.25) is 0 Å². The number of hydrogen-bond acceptors (Lipinski definition) is 3. The fourth-order valence-corrected chi connectivity index (χ4v) is 3.15. The summed E-state index contributed by atoms with van der Waals surface area (Å²) in [6.45, 7) is 3.12. The number of nitrogens with one attached hydrogen (secondary N) is 1. The van der Waals surface area contributed by atoms with Crippen molar-refractivity contribution in [3.8, 4) is 0 Å². The third-order valence-corrected chi connectivity index (χ3v) is 3.95. The quantitative estimate of drug-likeness (QED) is 0.863. The van der Waals surface area contributed by atoms with Gasteiger partial charge < -0.3 is 5.32 Å². The molecule has 0 aliphatic carbocycles. The van der Waals surface area contributed by atoms with Gasteiger partial charge in [-0.05, 0) is 44.8 Å². The summed E-state index contributed by atoms with van der Waals surface area (Å²) in [5, 5.41) is 4.46. The first-order valence-electron chi connectivity index (χ1n) is 6.37. The van der Waals surface area contributed by atoms with E-state index >= 15 is 0 Å². The lowest BCUT2D eigenvalue weighted by molar-refractivity contribution is 0.496. The molecule has 96 valence electrons. The van der Waals surface area contributed by atoms with Crippen molar-refractivity contribution in [2.45, 2.75) is 19.8 Å². The lowest BCUT2D eigenvalue weighted by Gasteiger charge is -2.15. The molecule has 0 amide bonds. The molecule has 3 heteroatoms. The van der Waals surface area contributed by atoms with E-state index in [1.165, 1.54) is 10.4 Å². The number of aromatic nitrogens is 1. The van der Waals surface area contributed by atoms with Gasteiger partial charge in [0.15, 0.2) is 0 Å². The summed E-state index contributed by atoms with van der Waals surface area (Å²) in [6, 6.07) is 10.7. The summed E-state index contributed by atoms with van der Waals surface area (Å²) >= 11 is 1.81. The molecule has 2 rings (SSSR count). The maximum Gasteiger partial charge on any atom is 0.0896 e. The van der Waals surface area contributed by atoms with Gasteiger partial charge in [0, 0.05) is 11.1 Å². The van der Waals surface area contributed by atoms with E-state index in [1.54, 1.807) is 0 Å². The van der Waals surface area contributed by atoms with Crippen LogP contribution in [-0.2, 0) is 12.8 Å². The van der Waals surface area contributed by atoms with Crippen LogP contribution in [0.4, 0.5) is 0 Å². The van der Waals surface area contributed by atoms with Crippen molar-refractivity contribution in [3.05, 3.63) is 52.0 Å². The molecule has 0 spiro atoms. The molecule has 0 aliphatic heterocycles. The number of hydrogen-bond donors (Lipinski definition) is 1. The van der Waals surface area contributed by atoms with Gasteiger partial charge in [0.1, 0.15) is 0 Å². The van der Waals surface area contributed by atoms with Gasteiger partial charge in [-0.2, -0.15) is 0 Å². The number of benzene rings is 1. The Labute approximate surface area is 113 Å². The zero-order valence-corrected chi connectivity index (χ0v) is 11.8. The Morgan fingerprint density at radius 2 is 2.00 bits per heavy atom. The zero-order chi connectivity index (χ0) is 12.8. The summed E-state index contributed by atoms with van der Waals surface area (Å²) in [5.41, 5.74) is 1.42. The second kappa shape index (κ2) is 6.66. The van der Waals surface area contributed by atoms with Crippen LogP contribution in [0.15, 0.2) is 36.5 Å². The standard InChI is InChI=1S/C15H20N2S/c1-12-17-11-15(18-12)9-14(10-16-2)8-13-6-4-3-5-7-13/h3-7,11,14,16H,8-10H2,1-2H3. The average Bonchev–Trinajstić information content (AvgIpc) is 2.76. The van der Waals surface area contributed by atoms with Gasteiger partial charge in [-0.25, -0.2) is 4.98 Å². The predicted molar refractivity (Wildman–Crippen MR) is 78.1 cm³/mol. The van der Waals surface area contributed by atoms with E-state index < -0.39 is 0 Å². The monoisotopic (exact) mass is 260 g/mol. The topological polar surface area (TPSA) is 24.9 Å². The average molecular weight is 260 g/mol. The van der Waals surface area contributed by atoms with Gasteiger partial charge in [0.05, 0.1) is 5.01 Å². The zero-order valence-electron chi connectivity index (χ0n) is 11.0. The third-order valence-electron chi connectivity index (χ3n) is 3.02. The van der Waals surface area contributed by atoms with E-state index in [0.29, 0.717) is 5.92 Å². The Morgan fingerprint density at radius 1 is 1.22 bits per heavy atom. The number of thiazole rings is 1. The van der Waals surface area contributed by atoms with E-state index in [-0.39, 0.29) is 0 Å². The molecule has 1 aromatic heterocycles. The summed E-state index contributed by atoms with van der Waals surface area (Å²) in [5.74, 6) is 0.636. The largest absolute Gasteiger partial charge is 0.319 e. The first-order valence-corrected chi connectivity index (χ1v) is 7.19. The predicted octanol–water partition coefficient (Wildman–Crippen LogP) is 3.07. The third kappa shape index (κ3) is 3.93. The van der Waals surface area contributed by atoms with Crippen LogP contribution >= 0.6 is 11.3 Å². The normalized spacial score (nSPS) is 12.6. The molecule has 18 heavy (non-hydrogen) atoms. The Morgan fingerprint density at radius 3 is 2.61 bits per heavy atom. The highest BCUT2D eigenvalue weighted by Crippen LogP contribution is 2.19. The Hall–Kier alpha value is -1.19. The summed E-state index contributed by atoms with van der Waals surface area (Å²) in [7, 11) is 2.02.